The number of amides is 1. The van der Waals surface area contributed by atoms with E-state index in [1.165, 1.54) is 12.1 Å². The summed E-state index contributed by atoms with van der Waals surface area (Å²) in [7, 11) is -3.92. The summed E-state index contributed by atoms with van der Waals surface area (Å²) in [5, 5.41) is 0.309. The van der Waals surface area contributed by atoms with Gasteiger partial charge in [-0.15, -0.1) is 0 Å². The van der Waals surface area contributed by atoms with E-state index in [9.17, 15) is 13.2 Å². The molecule has 2 aromatic carbocycles. The van der Waals surface area contributed by atoms with Crippen LogP contribution in [-0.2, 0) is 21.2 Å². The molecule has 0 aliphatic carbocycles. The van der Waals surface area contributed by atoms with E-state index in [-0.39, 0.29) is 11.3 Å². The highest BCUT2D eigenvalue weighted by atomic mass is 35.5. The lowest BCUT2D eigenvalue weighted by molar-refractivity contribution is -0.118. The van der Waals surface area contributed by atoms with Crippen LogP contribution in [0.5, 0.6) is 0 Å². The number of rotatable bonds is 3. The first-order valence-electron chi connectivity index (χ1n) is 6.58. The number of halogens is 1. The van der Waals surface area contributed by atoms with E-state index in [0.717, 1.165) is 9.87 Å². The topological polar surface area (TPSA) is 80.5 Å². The number of nitrogens with zero attached hydrogens (tertiary/aromatic N) is 1. The van der Waals surface area contributed by atoms with Crippen LogP contribution >= 0.6 is 11.6 Å². The van der Waals surface area contributed by atoms with Crippen LogP contribution < -0.4 is 10.0 Å². The summed E-state index contributed by atoms with van der Waals surface area (Å²) in [6.45, 7) is 0. The summed E-state index contributed by atoms with van der Waals surface area (Å²) < 4.78 is 26.9. The van der Waals surface area contributed by atoms with Crippen molar-refractivity contribution in [1.82, 2.24) is 0 Å². The average molecular weight is 337 g/mol. The first-order valence-corrected chi connectivity index (χ1v) is 8.40. The second-order valence-electron chi connectivity index (χ2n) is 5.01. The third kappa shape index (κ3) is 2.34. The van der Waals surface area contributed by atoms with Gasteiger partial charge in [0.2, 0.25) is 5.91 Å². The number of carbonyl (C=O) groups excluding carboxylic acids is 1. The standard InChI is InChI=1S/C15H13ClN2O3S/c16-11-5-3-6-12(9-11)22(20,21)18-13-7-2-1-4-10(13)8-14(18)15(17)19/h1-7,9,14H,8H2,(H2,17,19)/t14-/m0/s1. The molecule has 1 heterocycles. The van der Waals surface area contributed by atoms with Gasteiger partial charge in [0, 0.05) is 11.4 Å². The number of carbonyl (C=O) groups is 1. The minimum Gasteiger partial charge on any atom is -0.368 e. The van der Waals surface area contributed by atoms with Crippen molar-refractivity contribution in [3.05, 3.63) is 59.1 Å². The predicted octanol–water partition coefficient (Wildman–Crippen LogP) is 1.95. The van der Waals surface area contributed by atoms with Crippen molar-refractivity contribution in [1.29, 1.82) is 0 Å². The van der Waals surface area contributed by atoms with Gasteiger partial charge in [0.1, 0.15) is 6.04 Å². The number of benzene rings is 2. The van der Waals surface area contributed by atoms with Crippen molar-refractivity contribution in [2.24, 2.45) is 5.73 Å². The molecule has 3 rings (SSSR count). The molecule has 22 heavy (non-hydrogen) atoms. The van der Waals surface area contributed by atoms with Crippen LogP contribution in [-0.4, -0.2) is 20.4 Å². The summed E-state index contributed by atoms with van der Waals surface area (Å²) in [5.74, 6) is -0.679. The number of para-hydroxylation sites is 1. The first kappa shape index (κ1) is 14.9. The zero-order valence-electron chi connectivity index (χ0n) is 11.4. The van der Waals surface area contributed by atoms with E-state index in [2.05, 4.69) is 0 Å². The highest BCUT2D eigenvalue weighted by molar-refractivity contribution is 7.93. The molecule has 0 fully saturated rings. The second kappa shape index (κ2) is 5.30. The van der Waals surface area contributed by atoms with Crippen molar-refractivity contribution in [2.75, 3.05) is 4.31 Å². The van der Waals surface area contributed by atoms with Gasteiger partial charge in [-0.25, -0.2) is 8.42 Å². The molecule has 1 aliphatic heterocycles. The van der Waals surface area contributed by atoms with E-state index < -0.39 is 22.0 Å². The fourth-order valence-electron chi connectivity index (χ4n) is 2.61. The van der Waals surface area contributed by atoms with E-state index in [1.807, 2.05) is 0 Å². The molecule has 1 aliphatic rings. The smallest absolute Gasteiger partial charge is 0.265 e. The fraction of sp³-hybridized carbons (Fsp3) is 0.133. The predicted molar refractivity (Wildman–Crippen MR) is 84.2 cm³/mol. The summed E-state index contributed by atoms with van der Waals surface area (Å²) in [6.07, 6.45) is 0.269. The summed E-state index contributed by atoms with van der Waals surface area (Å²) >= 11 is 5.88. The molecule has 0 saturated carbocycles. The van der Waals surface area contributed by atoms with Crippen molar-refractivity contribution >= 4 is 33.2 Å². The van der Waals surface area contributed by atoms with Crippen molar-refractivity contribution < 1.29 is 13.2 Å². The number of hydrogen-bond acceptors (Lipinski definition) is 3. The van der Waals surface area contributed by atoms with Gasteiger partial charge in [0.15, 0.2) is 0 Å². The largest absolute Gasteiger partial charge is 0.368 e. The third-order valence-electron chi connectivity index (χ3n) is 3.61. The monoisotopic (exact) mass is 336 g/mol. The van der Waals surface area contributed by atoms with Crippen LogP contribution in [0.25, 0.3) is 0 Å². The van der Waals surface area contributed by atoms with Crippen LogP contribution in [0.2, 0.25) is 5.02 Å². The van der Waals surface area contributed by atoms with Crippen LogP contribution in [0.3, 0.4) is 0 Å². The van der Waals surface area contributed by atoms with Gasteiger partial charge in [-0.2, -0.15) is 0 Å². The Morgan fingerprint density at radius 3 is 2.59 bits per heavy atom. The first-order chi connectivity index (χ1) is 10.4. The maximum absolute atomic E-state index is 12.9. The van der Waals surface area contributed by atoms with E-state index >= 15 is 0 Å². The van der Waals surface area contributed by atoms with E-state index in [1.54, 1.807) is 36.4 Å². The number of sulfonamides is 1. The molecule has 2 N–H and O–H groups in total. The van der Waals surface area contributed by atoms with Gasteiger partial charge in [-0.05, 0) is 29.8 Å². The Morgan fingerprint density at radius 1 is 1.18 bits per heavy atom. The summed E-state index contributed by atoms with van der Waals surface area (Å²) in [6, 6.07) is 12.0. The summed E-state index contributed by atoms with van der Waals surface area (Å²) in [5.41, 5.74) is 6.65. The van der Waals surface area contributed by atoms with Gasteiger partial charge in [-0.1, -0.05) is 35.9 Å². The Hall–Kier alpha value is -2.05. The molecule has 0 unspecified atom stereocenters. The number of hydrogen-bond donors (Lipinski definition) is 1. The molecule has 0 saturated heterocycles. The molecule has 0 spiro atoms. The zero-order chi connectivity index (χ0) is 15.9. The quantitative estimate of drug-likeness (QED) is 0.930. The molecule has 1 amide bonds. The molecule has 0 radical (unpaired) electrons. The number of fused-ring (bicyclic) bond motifs is 1. The lowest BCUT2D eigenvalue weighted by atomic mass is 10.1. The molecular formula is C15H13ClN2O3S. The SMILES string of the molecule is NC(=O)[C@@H]1Cc2ccccc2N1S(=O)(=O)c1cccc(Cl)c1. The van der Waals surface area contributed by atoms with Crippen LogP contribution in [0, 0.1) is 0 Å². The van der Waals surface area contributed by atoms with Gasteiger partial charge >= 0.3 is 0 Å². The zero-order valence-corrected chi connectivity index (χ0v) is 13.0. The molecule has 0 aromatic heterocycles. The van der Waals surface area contributed by atoms with Gasteiger partial charge in [-0.3, -0.25) is 9.10 Å². The Bertz CT molecular complexity index is 851. The lowest BCUT2D eigenvalue weighted by Gasteiger charge is -2.25. The number of anilines is 1. The Kier molecular flexibility index (Phi) is 3.58. The molecule has 2 aromatic rings. The number of nitrogens with two attached hydrogens (primary N) is 1. The third-order valence-corrected chi connectivity index (χ3v) is 5.66. The van der Waals surface area contributed by atoms with Crippen LogP contribution in [0.1, 0.15) is 5.56 Å². The second-order valence-corrected chi connectivity index (χ2v) is 7.26. The van der Waals surface area contributed by atoms with Gasteiger partial charge in [0.25, 0.3) is 10.0 Å². The Balaban J connectivity index is 2.17. The average Bonchev–Trinajstić information content (AvgIpc) is 2.87. The maximum atomic E-state index is 12.9. The molecule has 7 heteroatoms. The number of primary amides is 1. The van der Waals surface area contributed by atoms with Crippen molar-refractivity contribution in [3.63, 3.8) is 0 Å². The van der Waals surface area contributed by atoms with Gasteiger partial charge in [0.05, 0.1) is 10.6 Å². The van der Waals surface area contributed by atoms with Crippen LogP contribution in [0.4, 0.5) is 5.69 Å². The molecular weight excluding hydrogens is 324 g/mol. The minimum atomic E-state index is -3.92. The molecule has 5 nitrogen and oxygen atoms in total. The Morgan fingerprint density at radius 2 is 1.91 bits per heavy atom. The highest BCUT2D eigenvalue weighted by Gasteiger charge is 2.41. The van der Waals surface area contributed by atoms with Crippen molar-refractivity contribution in [3.8, 4) is 0 Å². The maximum Gasteiger partial charge on any atom is 0.265 e. The molecule has 1 atom stereocenters. The molecule has 114 valence electrons. The highest BCUT2D eigenvalue weighted by Crippen LogP contribution is 2.36. The van der Waals surface area contributed by atoms with E-state index in [4.69, 9.17) is 17.3 Å². The fourth-order valence-corrected chi connectivity index (χ4v) is 4.57. The van der Waals surface area contributed by atoms with E-state index in [0.29, 0.717) is 10.7 Å². The van der Waals surface area contributed by atoms with Crippen molar-refractivity contribution in [2.45, 2.75) is 17.4 Å². The van der Waals surface area contributed by atoms with Gasteiger partial charge < -0.3 is 5.73 Å². The normalized spacial score (nSPS) is 17.3. The lowest BCUT2D eigenvalue weighted by Crippen LogP contribution is -2.45. The Labute approximate surface area is 133 Å². The minimum absolute atomic E-state index is 0.0305. The molecule has 0 bridgehead atoms. The summed E-state index contributed by atoms with van der Waals surface area (Å²) in [4.78, 5) is 11.7. The van der Waals surface area contributed by atoms with Crippen LogP contribution in [0.15, 0.2) is 53.4 Å².